The van der Waals surface area contributed by atoms with E-state index in [9.17, 15) is 0 Å². The fraction of sp³-hybridized carbons (Fsp3) is 0.308. The number of rotatable bonds is 2. The molecule has 1 aromatic rings. The van der Waals surface area contributed by atoms with E-state index in [-0.39, 0.29) is 0 Å². The number of allylic oxidation sites excluding steroid dienone is 2. The molecule has 0 N–H and O–H groups in total. The van der Waals surface area contributed by atoms with Crippen LogP contribution in [0.3, 0.4) is 0 Å². The van der Waals surface area contributed by atoms with Gasteiger partial charge in [-0.2, -0.15) is 5.26 Å². The molecule has 1 aromatic carbocycles. The summed E-state index contributed by atoms with van der Waals surface area (Å²) in [5, 5.41) is 8.59. The number of nitrogens with zero attached hydrogens (tertiary/aromatic N) is 1. The first-order chi connectivity index (χ1) is 7.10. The standard InChI is InChI=1S/C13H15NO/c1-9(5-6-14)12-7-10(2)11(3)13(8-12)15-4/h5,7-8H,1-4H3/b9-5+. The van der Waals surface area contributed by atoms with Crippen molar-refractivity contribution >= 4 is 5.57 Å². The van der Waals surface area contributed by atoms with Crippen molar-refractivity contribution in [1.29, 1.82) is 5.26 Å². The van der Waals surface area contributed by atoms with Crippen LogP contribution in [0.15, 0.2) is 18.2 Å². The normalized spacial score (nSPS) is 11.0. The molecular weight excluding hydrogens is 186 g/mol. The third-order valence-electron chi connectivity index (χ3n) is 2.58. The molecule has 0 radical (unpaired) electrons. The molecule has 0 atom stereocenters. The first kappa shape index (κ1) is 11.3. The molecular formula is C13H15NO. The SMILES string of the molecule is COc1cc(/C(C)=C/C#N)cc(C)c1C. The number of benzene rings is 1. The van der Waals surface area contributed by atoms with E-state index >= 15 is 0 Å². The second kappa shape index (κ2) is 4.65. The summed E-state index contributed by atoms with van der Waals surface area (Å²) in [5.74, 6) is 0.871. The van der Waals surface area contributed by atoms with Crippen molar-refractivity contribution in [3.63, 3.8) is 0 Å². The number of hydrogen-bond acceptors (Lipinski definition) is 2. The second-order valence-electron chi connectivity index (χ2n) is 3.58. The Bertz CT molecular complexity index is 439. The van der Waals surface area contributed by atoms with Gasteiger partial charge in [0.1, 0.15) is 5.75 Å². The van der Waals surface area contributed by atoms with Gasteiger partial charge in [-0.3, -0.25) is 0 Å². The summed E-state index contributed by atoms with van der Waals surface area (Å²) in [6.45, 7) is 6.00. The van der Waals surface area contributed by atoms with Gasteiger partial charge < -0.3 is 4.74 Å². The van der Waals surface area contributed by atoms with Crippen LogP contribution in [0.1, 0.15) is 23.6 Å². The van der Waals surface area contributed by atoms with Crippen molar-refractivity contribution < 1.29 is 4.74 Å². The minimum Gasteiger partial charge on any atom is -0.496 e. The number of methoxy groups -OCH3 is 1. The summed E-state index contributed by atoms with van der Waals surface area (Å²) < 4.78 is 5.28. The van der Waals surface area contributed by atoms with E-state index in [1.165, 1.54) is 5.56 Å². The number of ether oxygens (including phenoxy) is 1. The Hall–Kier alpha value is -1.75. The zero-order valence-corrected chi connectivity index (χ0v) is 9.59. The van der Waals surface area contributed by atoms with Gasteiger partial charge in [0.25, 0.3) is 0 Å². The lowest BCUT2D eigenvalue weighted by molar-refractivity contribution is 0.411. The molecule has 0 unspecified atom stereocenters. The molecule has 2 heteroatoms. The van der Waals surface area contributed by atoms with Crippen molar-refractivity contribution in [2.45, 2.75) is 20.8 Å². The van der Waals surface area contributed by atoms with Crippen LogP contribution in [-0.4, -0.2) is 7.11 Å². The summed E-state index contributed by atoms with van der Waals surface area (Å²) in [6.07, 6.45) is 1.55. The average molecular weight is 201 g/mol. The predicted molar refractivity (Wildman–Crippen MR) is 61.7 cm³/mol. The van der Waals surface area contributed by atoms with E-state index in [0.717, 1.165) is 22.4 Å². The third-order valence-corrected chi connectivity index (χ3v) is 2.58. The first-order valence-electron chi connectivity index (χ1n) is 4.82. The molecule has 0 bridgehead atoms. The van der Waals surface area contributed by atoms with Crippen LogP contribution in [-0.2, 0) is 0 Å². The van der Waals surface area contributed by atoms with Crippen molar-refractivity contribution in [3.8, 4) is 11.8 Å². The van der Waals surface area contributed by atoms with Crippen molar-refractivity contribution in [3.05, 3.63) is 34.9 Å². The molecule has 2 nitrogen and oxygen atoms in total. The highest BCUT2D eigenvalue weighted by Crippen LogP contribution is 2.26. The van der Waals surface area contributed by atoms with E-state index in [1.54, 1.807) is 13.2 Å². The quantitative estimate of drug-likeness (QED) is 0.688. The summed E-state index contributed by atoms with van der Waals surface area (Å²) in [5.41, 5.74) is 4.32. The van der Waals surface area contributed by atoms with Crippen molar-refractivity contribution in [1.82, 2.24) is 0 Å². The van der Waals surface area contributed by atoms with Gasteiger partial charge in [-0.05, 0) is 49.1 Å². The highest BCUT2D eigenvalue weighted by Gasteiger charge is 2.05. The van der Waals surface area contributed by atoms with E-state index in [0.29, 0.717) is 0 Å². The molecule has 0 spiro atoms. The van der Waals surface area contributed by atoms with E-state index in [2.05, 4.69) is 6.07 Å². The molecule has 1 rings (SSSR count). The largest absolute Gasteiger partial charge is 0.496 e. The molecule has 0 aromatic heterocycles. The average Bonchev–Trinajstić information content (AvgIpc) is 2.22. The Morgan fingerprint density at radius 3 is 2.60 bits per heavy atom. The Kier molecular flexibility index (Phi) is 3.51. The third kappa shape index (κ3) is 2.38. The molecule has 0 fully saturated rings. The summed E-state index contributed by atoms with van der Waals surface area (Å²) in [4.78, 5) is 0. The Morgan fingerprint density at radius 1 is 1.40 bits per heavy atom. The van der Waals surface area contributed by atoms with Crippen LogP contribution < -0.4 is 4.74 Å². The van der Waals surface area contributed by atoms with Gasteiger partial charge in [-0.15, -0.1) is 0 Å². The minimum absolute atomic E-state index is 0.871. The molecule has 0 heterocycles. The summed E-state index contributed by atoms with van der Waals surface area (Å²) >= 11 is 0. The van der Waals surface area contributed by atoms with Crippen LogP contribution in [0.2, 0.25) is 0 Å². The van der Waals surface area contributed by atoms with Crippen LogP contribution in [0.4, 0.5) is 0 Å². The summed E-state index contributed by atoms with van der Waals surface area (Å²) in [6, 6.07) is 6.07. The lowest BCUT2D eigenvalue weighted by Gasteiger charge is -2.10. The fourth-order valence-electron chi connectivity index (χ4n) is 1.45. The van der Waals surface area contributed by atoms with Gasteiger partial charge in [0, 0.05) is 6.08 Å². The molecule has 15 heavy (non-hydrogen) atoms. The van der Waals surface area contributed by atoms with Gasteiger partial charge in [-0.1, -0.05) is 6.07 Å². The topological polar surface area (TPSA) is 33.0 Å². The Balaban J connectivity index is 3.30. The molecule has 0 saturated heterocycles. The molecule has 0 amide bonds. The molecule has 78 valence electrons. The summed E-state index contributed by atoms with van der Waals surface area (Å²) in [7, 11) is 1.66. The van der Waals surface area contributed by atoms with Crippen LogP contribution in [0.25, 0.3) is 5.57 Å². The zero-order chi connectivity index (χ0) is 11.4. The fourth-order valence-corrected chi connectivity index (χ4v) is 1.45. The lowest BCUT2D eigenvalue weighted by atomic mass is 10.0. The monoisotopic (exact) mass is 201 g/mol. The van der Waals surface area contributed by atoms with Gasteiger partial charge in [0.2, 0.25) is 0 Å². The van der Waals surface area contributed by atoms with Crippen LogP contribution >= 0.6 is 0 Å². The zero-order valence-electron chi connectivity index (χ0n) is 9.59. The van der Waals surface area contributed by atoms with E-state index in [4.69, 9.17) is 10.00 Å². The highest BCUT2D eigenvalue weighted by molar-refractivity contribution is 5.68. The van der Waals surface area contributed by atoms with E-state index in [1.807, 2.05) is 32.9 Å². The van der Waals surface area contributed by atoms with E-state index < -0.39 is 0 Å². The van der Waals surface area contributed by atoms with Gasteiger partial charge in [0.15, 0.2) is 0 Å². The van der Waals surface area contributed by atoms with Gasteiger partial charge >= 0.3 is 0 Å². The minimum atomic E-state index is 0.871. The Morgan fingerprint density at radius 2 is 2.07 bits per heavy atom. The van der Waals surface area contributed by atoms with Crippen molar-refractivity contribution in [2.75, 3.05) is 7.11 Å². The number of nitriles is 1. The van der Waals surface area contributed by atoms with Crippen LogP contribution in [0, 0.1) is 25.2 Å². The Labute approximate surface area is 90.8 Å². The molecule has 0 saturated carbocycles. The van der Waals surface area contributed by atoms with Gasteiger partial charge in [-0.25, -0.2) is 0 Å². The first-order valence-corrected chi connectivity index (χ1v) is 4.82. The predicted octanol–water partition coefficient (Wildman–Crippen LogP) is 3.24. The maximum absolute atomic E-state index is 8.59. The lowest BCUT2D eigenvalue weighted by Crippen LogP contribution is -1.92. The van der Waals surface area contributed by atoms with Crippen molar-refractivity contribution in [2.24, 2.45) is 0 Å². The maximum atomic E-state index is 8.59. The number of hydrogen-bond donors (Lipinski definition) is 0. The second-order valence-corrected chi connectivity index (χ2v) is 3.58. The van der Waals surface area contributed by atoms with Crippen LogP contribution in [0.5, 0.6) is 5.75 Å². The molecule has 0 aliphatic heterocycles. The maximum Gasteiger partial charge on any atom is 0.122 e. The molecule has 0 aliphatic carbocycles. The number of aryl methyl sites for hydroxylation is 1. The molecule has 0 aliphatic rings. The highest BCUT2D eigenvalue weighted by atomic mass is 16.5. The van der Waals surface area contributed by atoms with Gasteiger partial charge in [0.05, 0.1) is 13.2 Å². The smallest absolute Gasteiger partial charge is 0.122 e.